The van der Waals surface area contributed by atoms with Gasteiger partial charge in [0, 0.05) is 5.69 Å². The van der Waals surface area contributed by atoms with Gasteiger partial charge in [0.2, 0.25) is 5.90 Å². The molecule has 0 spiro atoms. The van der Waals surface area contributed by atoms with Gasteiger partial charge in [-0.05, 0) is 38.8 Å². The predicted octanol–water partition coefficient (Wildman–Crippen LogP) is 2.44. The van der Waals surface area contributed by atoms with Crippen molar-refractivity contribution in [2.24, 2.45) is 10.9 Å². The van der Waals surface area contributed by atoms with Gasteiger partial charge in [0.05, 0.1) is 12.5 Å². The summed E-state index contributed by atoms with van der Waals surface area (Å²) in [6.45, 7) is 4.13. The van der Waals surface area contributed by atoms with Crippen molar-refractivity contribution in [2.45, 2.75) is 26.7 Å². The number of aliphatic imine (C=N–C) groups is 1. The molecule has 4 nitrogen and oxygen atoms in total. The second-order valence-corrected chi connectivity index (χ2v) is 4.24. The first-order valence-electron chi connectivity index (χ1n) is 5.82. The number of rotatable bonds is 2. The molecule has 0 saturated carbocycles. The smallest absolute Gasteiger partial charge is 0.200 e. The number of carbonyl (C=O) groups excluding carboxylic acids is 1. The van der Waals surface area contributed by atoms with E-state index in [1.807, 2.05) is 25.1 Å². The van der Waals surface area contributed by atoms with Crippen molar-refractivity contribution in [3.63, 3.8) is 0 Å². The van der Waals surface area contributed by atoms with Crippen LogP contribution in [0.15, 0.2) is 23.2 Å². The molecule has 1 aromatic rings. The lowest BCUT2D eigenvalue weighted by molar-refractivity contribution is -0.119. The topological polar surface area (TPSA) is 51.5 Å². The SMILES string of the molecule is CC(=O)C1CCCOC1=Nc1cccc(C)n1. The minimum atomic E-state index is -0.203. The summed E-state index contributed by atoms with van der Waals surface area (Å²) in [5, 5.41) is 0. The fraction of sp³-hybridized carbons (Fsp3) is 0.462. The zero-order chi connectivity index (χ0) is 12.3. The van der Waals surface area contributed by atoms with Crippen LogP contribution >= 0.6 is 0 Å². The van der Waals surface area contributed by atoms with Gasteiger partial charge in [-0.15, -0.1) is 0 Å². The minimum Gasteiger partial charge on any atom is -0.480 e. The van der Waals surface area contributed by atoms with E-state index >= 15 is 0 Å². The molecule has 1 aliphatic heterocycles. The average Bonchev–Trinajstić information content (AvgIpc) is 2.29. The van der Waals surface area contributed by atoms with Gasteiger partial charge in [-0.2, -0.15) is 4.99 Å². The molecule has 1 aromatic heterocycles. The van der Waals surface area contributed by atoms with Crippen molar-refractivity contribution in [3.8, 4) is 0 Å². The summed E-state index contributed by atoms with van der Waals surface area (Å²) in [4.78, 5) is 20.1. The van der Waals surface area contributed by atoms with Gasteiger partial charge in [-0.25, -0.2) is 4.98 Å². The molecule has 4 heteroatoms. The van der Waals surface area contributed by atoms with Crippen LogP contribution in [0.5, 0.6) is 0 Å². The molecule has 1 aliphatic rings. The van der Waals surface area contributed by atoms with Crippen LogP contribution in [0.2, 0.25) is 0 Å². The Morgan fingerprint density at radius 1 is 1.53 bits per heavy atom. The van der Waals surface area contributed by atoms with Crippen molar-refractivity contribution < 1.29 is 9.53 Å². The molecule has 2 heterocycles. The highest BCUT2D eigenvalue weighted by atomic mass is 16.5. The minimum absolute atomic E-state index is 0.108. The molecule has 0 N–H and O–H groups in total. The lowest BCUT2D eigenvalue weighted by Crippen LogP contribution is -2.29. The largest absolute Gasteiger partial charge is 0.480 e. The number of aryl methyl sites for hydroxylation is 1. The standard InChI is InChI=1S/C13H16N2O2/c1-9-5-3-7-12(14-9)15-13-11(10(2)16)6-4-8-17-13/h3,5,7,11H,4,6,8H2,1-2H3. The highest BCUT2D eigenvalue weighted by molar-refractivity contribution is 6.01. The Labute approximate surface area is 101 Å². The lowest BCUT2D eigenvalue weighted by atomic mass is 9.97. The van der Waals surface area contributed by atoms with E-state index in [0.29, 0.717) is 18.3 Å². The van der Waals surface area contributed by atoms with Crippen molar-refractivity contribution >= 4 is 17.5 Å². The second-order valence-electron chi connectivity index (χ2n) is 4.24. The maximum atomic E-state index is 11.5. The average molecular weight is 232 g/mol. The van der Waals surface area contributed by atoms with E-state index in [9.17, 15) is 4.79 Å². The molecule has 1 fully saturated rings. The fourth-order valence-corrected chi connectivity index (χ4v) is 1.88. The van der Waals surface area contributed by atoms with Crippen LogP contribution in [0, 0.1) is 12.8 Å². The molecule has 0 radical (unpaired) electrons. The third-order valence-corrected chi connectivity index (χ3v) is 2.77. The van der Waals surface area contributed by atoms with E-state index < -0.39 is 0 Å². The molecule has 1 unspecified atom stereocenters. The number of hydrogen-bond donors (Lipinski definition) is 0. The first kappa shape index (κ1) is 11.8. The molecule has 0 amide bonds. The van der Waals surface area contributed by atoms with Crippen LogP contribution < -0.4 is 0 Å². The molecule has 1 atom stereocenters. The van der Waals surface area contributed by atoms with E-state index in [1.54, 1.807) is 6.92 Å². The van der Waals surface area contributed by atoms with Gasteiger partial charge in [0.25, 0.3) is 0 Å². The van der Waals surface area contributed by atoms with E-state index in [4.69, 9.17) is 4.74 Å². The Morgan fingerprint density at radius 2 is 2.35 bits per heavy atom. The molecule has 90 valence electrons. The van der Waals surface area contributed by atoms with E-state index in [-0.39, 0.29) is 11.7 Å². The summed E-state index contributed by atoms with van der Waals surface area (Å²) >= 11 is 0. The molecule has 0 aromatic carbocycles. The predicted molar refractivity (Wildman–Crippen MR) is 65.4 cm³/mol. The number of nitrogens with zero attached hydrogens (tertiary/aromatic N) is 2. The Bertz CT molecular complexity index is 454. The van der Waals surface area contributed by atoms with E-state index in [1.165, 1.54) is 0 Å². The summed E-state index contributed by atoms with van der Waals surface area (Å²) in [6.07, 6.45) is 1.73. The third kappa shape index (κ3) is 2.90. The summed E-state index contributed by atoms with van der Waals surface area (Å²) in [6, 6.07) is 5.62. The molecule has 17 heavy (non-hydrogen) atoms. The maximum Gasteiger partial charge on any atom is 0.200 e. The van der Waals surface area contributed by atoms with Crippen LogP contribution in [0.1, 0.15) is 25.5 Å². The second kappa shape index (κ2) is 5.08. The Kier molecular flexibility index (Phi) is 3.52. The first-order valence-corrected chi connectivity index (χ1v) is 5.82. The van der Waals surface area contributed by atoms with Gasteiger partial charge in [0.1, 0.15) is 5.78 Å². The first-order chi connectivity index (χ1) is 8.16. The Hall–Kier alpha value is -1.71. The zero-order valence-electron chi connectivity index (χ0n) is 10.1. The van der Waals surface area contributed by atoms with Gasteiger partial charge >= 0.3 is 0 Å². The third-order valence-electron chi connectivity index (χ3n) is 2.77. The number of hydrogen-bond acceptors (Lipinski definition) is 4. The molecule has 0 aliphatic carbocycles. The highest BCUT2D eigenvalue weighted by Crippen LogP contribution is 2.20. The maximum absolute atomic E-state index is 11.5. The van der Waals surface area contributed by atoms with E-state index in [2.05, 4.69) is 9.98 Å². The lowest BCUT2D eigenvalue weighted by Gasteiger charge is -2.22. The van der Waals surface area contributed by atoms with Gasteiger partial charge < -0.3 is 4.74 Å². The monoisotopic (exact) mass is 232 g/mol. The van der Waals surface area contributed by atoms with E-state index in [0.717, 1.165) is 18.5 Å². The van der Waals surface area contributed by atoms with Gasteiger partial charge in [-0.3, -0.25) is 4.79 Å². The normalized spacial score (nSPS) is 22.2. The van der Waals surface area contributed by atoms with Gasteiger partial charge in [0.15, 0.2) is 5.82 Å². The quantitative estimate of drug-likeness (QED) is 0.787. The number of aromatic nitrogens is 1. The molecule has 1 saturated heterocycles. The summed E-state index contributed by atoms with van der Waals surface area (Å²) < 4.78 is 5.48. The summed E-state index contributed by atoms with van der Waals surface area (Å²) in [5.41, 5.74) is 0.905. The Morgan fingerprint density at radius 3 is 3.06 bits per heavy atom. The highest BCUT2D eigenvalue weighted by Gasteiger charge is 2.26. The molecule has 0 bridgehead atoms. The van der Waals surface area contributed by atoms with Crippen molar-refractivity contribution in [1.82, 2.24) is 4.98 Å². The number of Topliss-reactive ketones (excluding diaryl/α,β-unsaturated/α-hetero) is 1. The van der Waals surface area contributed by atoms with Crippen LogP contribution in [0.3, 0.4) is 0 Å². The van der Waals surface area contributed by atoms with Crippen LogP contribution in [0.4, 0.5) is 5.82 Å². The molecule has 2 rings (SSSR count). The Balaban J connectivity index is 2.27. The van der Waals surface area contributed by atoms with Crippen molar-refractivity contribution in [2.75, 3.05) is 6.61 Å². The molecular formula is C13H16N2O2. The summed E-state index contributed by atoms with van der Waals surface area (Å²) in [7, 11) is 0. The van der Waals surface area contributed by atoms with Crippen molar-refractivity contribution in [1.29, 1.82) is 0 Å². The number of ether oxygens (including phenoxy) is 1. The number of pyridine rings is 1. The fourth-order valence-electron chi connectivity index (χ4n) is 1.88. The van der Waals surface area contributed by atoms with Crippen LogP contribution in [-0.2, 0) is 9.53 Å². The summed E-state index contributed by atoms with van der Waals surface area (Å²) in [5.74, 6) is 1.03. The van der Waals surface area contributed by atoms with Crippen LogP contribution in [0.25, 0.3) is 0 Å². The zero-order valence-corrected chi connectivity index (χ0v) is 10.1. The van der Waals surface area contributed by atoms with Crippen molar-refractivity contribution in [3.05, 3.63) is 23.9 Å². The molecular weight excluding hydrogens is 216 g/mol. The van der Waals surface area contributed by atoms with Gasteiger partial charge in [-0.1, -0.05) is 6.07 Å². The van der Waals surface area contributed by atoms with Crippen LogP contribution in [-0.4, -0.2) is 23.3 Å². The number of ketones is 1. The number of carbonyl (C=O) groups is 1.